The monoisotopic (exact) mass is 331 g/mol. The quantitative estimate of drug-likeness (QED) is 0.482. The van der Waals surface area contributed by atoms with Crippen molar-refractivity contribution in [3.8, 4) is 0 Å². The molecule has 1 heterocycles. The van der Waals surface area contributed by atoms with Crippen molar-refractivity contribution in [2.24, 2.45) is 0 Å². The molecule has 2 aliphatic rings. The summed E-state index contributed by atoms with van der Waals surface area (Å²) in [5.74, 6) is -0.620. The number of non-ortho nitro benzene ring substituents is 1. The number of nitro groups is 1. The SMILES string of the molecule is CC(N(C)C)N1C(=O)c2cc([N+](=O)[O-])ccc2C2(CCCC2)C1=O. The van der Waals surface area contributed by atoms with E-state index in [1.54, 1.807) is 32.0 Å². The lowest BCUT2D eigenvalue weighted by molar-refractivity contribution is -0.384. The maximum atomic E-state index is 13.2. The van der Waals surface area contributed by atoms with Crippen LogP contribution in [0.2, 0.25) is 0 Å². The molecule has 1 unspecified atom stereocenters. The molecule has 1 saturated carbocycles. The zero-order chi connectivity index (χ0) is 17.6. The molecule has 1 fully saturated rings. The van der Waals surface area contributed by atoms with Crippen molar-refractivity contribution >= 4 is 17.5 Å². The lowest BCUT2D eigenvalue weighted by Crippen LogP contribution is -2.59. The van der Waals surface area contributed by atoms with E-state index in [2.05, 4.69) is 0 Å². The second-order valence-electron chi connectivity index (χ2n) is 6.85. The van der Waals surface area contributed by atoms with Crippen LogP contribution in [0.5, 0.6) is 0 Å². The molecular formula is C17H21N3O4. The van der Waals surface area contributed by atoms with Crippen LogP contribution in [0.3, 0.4) is 0 Å². The van der Waals surface area contributed by atoms with Crippen molar-refractivity contribution in [1.82, 2.24) is 9.80 Å². The summed E-state index contributed by atoms with van der Waals surface area (Å²) in [6, 6.07) is 4.32. The Morgan fingerprint density at radius 3 is 2.42 bits per heavy atom. The zero-order valence-electron chi connectivity index (χ0n) is 14.1. The number of amides is 2. The number of hydrogen-bond acceptors (Lipinski definition) is 5. The molecule has 2 amide bonds. The van der Waals surface area contributed by atoms with E-state index in [9.17, 15) is 19.7 Å². The van der Waals surface area contributed by atoms with Crippen LogP contribution in [-0.4, -0.2) is 46.8 Å². The first-order valence-electron chi connectivity index (χ1n) is 8.13. The van der Waals surface area contributed by atoms with Gasteiger partial charge in [-0.2, -0.15) is 0 Å². The highest BCUT2D eigenvalue weighted by Gasteiger charge is 2.53. The van der Waals surface area contributed by atoms with Gasteiger partial charge in [0.2, 0.25) is 5.91 Å². The summed E-state index contributed by atoms with van der Waals surface area (Å²) in [4.78, 5) is 39.8. The number of nitro benzene ring substituents is 1. The van der Waals surface area contributed by atoms with Gasteiger partial charge in [-0.15, -0.1) is 0 Å². The second kappa shape index (κ2) is 5.66. The van der Waals surface area contributed by atoms with E-state index in [0.29, 0.717) is 24.0 Å². The number of nitrogens with zero attached hydrogens (tertiary/aromatic N) is 3. The molecule has 24 heavy (non-hydrogen) atoms. The summed E-state index contributed by atoms with van der Waals surface area (Å²) in [6.07, 6.45) is 2.79. The Hall–Kier alpha value is -2.28. The van der Waals surface area contributed by atoms with Crippen molar-refractivity contribution < 1.29 is 14.5 Å². The van der Waals surface area contributed by atoms with Gasteiger partial charge in [-0.25, -0.2) is 0 Å². The van der Waals surface area contributed by atoms with Crippen molar-refractivity contribution in [3.05, 3.63) is 39.4 Å². The minimum absolute atomic E-state index is 0.123. The molecule has 1 aliphatic carbocycles. The van der Waals surface area contributed by atoms with Gasteiger partial charge in [-0.05, 0) is 39.4 Å². The summed E-state index contributed by atoms with van der Waals surface area (Å²) in [6.45, 7) is 1.79. The number of carbonyl (C=O) groups excluding carboxylic acids is 2. The maximum absolute atomic E-state index is 13.2. The molecular weight excluding hydrogens is 310 g/mol. The zero-order valence-corrected chi connectivity index (χ0v) is 14.1. The third-order valence-electron chi connectivity index (χ3n) is 5.39. The Kier molecular flexibility index (Phi) is 3.91. The molecule has 1 atom stereocenters. The number of carbonyl (C=O) groups is 2. The van der Waals surface area contributed by atoms with Crippen molar-refractivity contribution in [2.45, 2.75) is 44.2 Å². The third-order valence-corrected chi connectivity index (χ3v) is 5.39. The van der Waals surface area contributed by atoms with Gasteiger partial charge in [0, 0.05) is 12.1 Å². The average Bonchev–Trinajstić information content (AvgIpc) is 3.03. The van der Waals surface area contributed by atoms with Crippen LogP contribution in [-0.2, 0) is 10.2 Å². The van der Waals surface area contributed by atoms with Crippen LogP contribution >= 0.6 is 0 Å². The lowest BCUT2D eigenvalue weighted by atomic mass is 9.72. The van der Waals surface area contributed by atoms with Gasteiger partial charge in [0.25, 0.3) is 11.6 Å². The van der Waals surface area contributed by atoms with E-state index in [1.807, 2.05) is 0 Å². The summed E-state index contributed by atoms with van der Waals surface area (Å²) < 4.78 is 0. The van der Waals surface area contributed by atoms with Crippen molar-refractivity contribution in [2.75, 3.05) is 14.1 Å². The number of imide groups is 1. The van der Waals surface area contributed by atoms with Crippen LogP contribution in [0.4, 0.5) is 5.69 Å². The summed E-state index contributed by atoms with van der Waals surface area (Å²) >= 11 is 0. The van der Waals surface area contributed by atoms with Gasteiger partial charge in [-0.1, -0.05) is 18.9 Å². The minimum atomic E-state index is -0.720. The number of hydrogen-bond donors (Lipinski definition) is 0. The first kappa shape index (κ1) is 16.6. The highest BCUT2D eigenvalue weighted by Crippen LogP contribution is 2.47. The number of rotatable bonds is 3. The van der Waals surface area contributed by atoms with Crippen molar-refractivity contribution in [3.63, 3.8) is 0 Å². The van der Waals surface area contributed by atoms with Gasteiger partial charge in [0.15, 0.2) is 0 Å². The molecule has 0 aromatic heterocycles. The van der Waals surface area contributed by atoms with Gasteiger partial charge in [-0.3, -0.25) is 29.5 Å². The molecule has 0 bridgehead atoms. The van der Waals surface area contributed by atoms with E-state index < -0.39 is 22.4 Å². The Balaban J connectivity index is 2.21. The van der Waals surface area contributed by atoms with E-state index in [-0.39, 0.29) is 11.6 Å². The number of benzene rings is 1. The van der Waals surface area contributed by atoms with Crippen LogP contribution < -0.4 is 0 Å². The summed E-state index contributed by atoms with van der Waals surface area (Å²) in [5, 5.41) is 11.1. The largest absolute Gasteiger partial charge is 0.289 e. The molecule has 7 nitrogen and oxygen atoms in total. The summed E-state index contributed by atoms with van der Waals surface area (Å²) in [5.41, 5.74) is 0.104. The number of fused-ring (bicyclic) bond motifs is 2. The predicted octanol–water partition coefficient (Wildman–Crippen LogP) is 2.30. The third kappa shape index (κ3) is 2.23. The van der Waals surface area contributed by atoms with E-state index in [0.717, 1.165) is 12.8 Å². The minimum Gasteiger partial charge on any atom is -0.289 e. The van der Waals surface area contributed by atoms with Gasteiger partial charge >= 0.3 is 0 Å². The normalized spacial score (nSPS) is 20.6. The Bertz CT molecular complexity index is 723. The van der Waals surface area contributed by atoms with E-state index in [1.165, 1.54) is 17.0 Å². The van der Waals surface area contributed by atoms with Crippen molar-refractivity contribution in [1.29, 1.82) is 0 Å². The van der Waals surface area contributed by atoms with Crippen LogP contribution in [0.15, 0.2) is 18.2 Å². The predicted molar refractivity (Wildman–Crippen MR) is 87.6 cm³/mol. The fraction of sp³-hybridized carbons (Fsp3) is 0.529. The molecule has 0 radical (unpaired) electrons. The fourth-order valence-electron chi connectivity index (χ4n) is 3.84. The Morgan fingerprint density at radius 2 is 1.88 bits per heavy atom. The summed E-state index contributed by atoms with van der Waals surface area (Å²) in [7, 11) is 3.60. The fourth-order valence-corrected chi connectivity index (χ4v) is 3.84. The molecule has 128 valence electrons. The van der Waals surface area contributed by atoms with Gasteiger partial charge < -0.3 is 0 Å². The first-order valence-corrected chi connectivity index (χ1v) is 8.13. The molecule has 7 heteroatoms. The Labute approximate surface area is 140 Å². The standard InChI is InChI=1S/C17H21N3O4/c1-11(18(2)3)19-15(21)13-10-12(20(23)24)6-7-14(13)17(16(19)22)8-4-5-9-17/h6-7,10-11H,4-5,8-9H2,1-3H3. The van der Waals surface area contributed by atoms with Gasteiger partial charge in [0.1, 0.15) is 0 Å². The van der Waals surface area contributed by atoms with Gasteiger partial charge in [0.05, 0.1) is 22.1 Å². The van der Waals surface area contributed by atoms with E-state index >= 15 is 0 Å². The first-order chi connectivity index (χ1) is 11.3. The van der Waals surface area contributed by atoms with Crippen LogP contribution in [0.1, 0.15) is 48.5 Å². The molecule has 3 rings (SSSR count). The lowest BCUT2D eigenvalue weighted by Gasteiger charge is -2.43. The smallest absolute Gasteiger partial charge is 0.270 e. The maximum Gasteiger partial charge on any atom is 0.270 e. The molecule has 1 aromatic carbocycles. The second-order valence-corrected chi connectivity index (χ2v) is 6.85. The van der Waals surface area contributed by atoms with Crippen LogP contribution in [0, 0.1) is 10.1 Å². The van der Waals surface area contributed by atoms with Crippen LogP contribution in [0.25, 0.3) is 0 Å². The highest BCUT2D eigenvalue weighted by atomic mass is 16.6. The Morgan fingerprint density at radius 1 is 1.25 bits per heavy atom. The molecule has 1 spiro atoms. The van der Waals surface area contributed by atoms with E-state index in [4.69, 9.17) is 0 Å². The highest BCUT2D eigenvalue weighted by molar-refractivity contribution is 6.13. The average molecular weight is 331 g/mol. The molecule has 1 aliphatic heterocycles. The molecule has 0 N–H and O–H groups in total. The molecule has 0 saturated heterocycles. The topological polar surface area (TPSA) is 83.8 Å². The molecule has 1 aromatic rings.